The monoisotopic (exact) mass is 505 g/mol. The molecule has 33 heavy (non-hydrogen) atoms. The summed E-state index contributed by atoms with van der Waals surface area (Å²) < 4.78 is 24.7. The maximum atomic E-state index is 11.4. The lowest BCUT2D eigenvalue weighted by Crippen LogP contribution is -2.33. The molecule has 2 atom stereocenters. The van der Waals surface area contributed by atoms with Crippen molar-refractivity contribution in [3.05, 3.63) is 30.1 Å². The first-order chi connectivity index (χ1) is 15.6. The van der Waals surface area contributed by atoms with Gasteiger partial charge in [0.05, 0.1) is 0 Å². The third-order valence-corrected chi connectivity index (χ3v) is 9.97. The Morgan fingerprint density at radius 1 is 0.848 bits per heavy atom. The number of unbranched alkanes of at least 4 members (excludes halogenated alkanes) is 13. The summed E-state index contributed by atoms with van der Waals surface area (Å²) in [5.74, 6) is 0. The summed E-state index contributed by atoms with van der Waals surface area (Å²) in [5.41, 5.74) is 0.787. The summed E-state index contributed by atoms with van der Waals surface area (Å²) in [4.78, 5) is 38.9. The Labute approximate surface area is 200 Å². The molecule has 1 aromatic rings. The van der Waals surface area contributed by atoms with Gasteiger partial charge in [-0.25, -0.2) is 4.57 Å². The van der Waals surface area contributed by atoms with E-state index in [4.69, 9.17) is 4.89 Å². The third kappa shape index (κ3) is 15.1. The van der Waals surface area contributed by atoms with Crippen molar-refractivity contribution in [2.45, 2.75) is 122 Å². The van der Waals surface area contributed by atoms with Gasteiger partial charge < -0.3 is 24.1 Å². The van der Waals surface area contributed by atoms with E-state index < -0.39 is 20.6 Å². The van der Waals surface area contributed by atoms with E-state index in [0.717, 1.165) is 18.5 Å². The molecule has 0 spiro atoms. The molecule has 0 bridgehead atoms. The van der Waals surface area contributed by atoms with Gasteiger partial charge in [0, 0.05) is 18.1 Å². The Morgan fingerprint density at radius 2 is 1.33 bits per heavy atom. The van der Waals surface area contributed by atoms with Crippen molar-refractivity contribution in [1.29, 1.82) is 0 Å². The second-order valence-corrected chi connectivity index (χ2v) is 13.2. The van der Waals surface area contributed by atoms with Crippen LogP contribution in [0.1, 0.15) is 109 Å². The van der Waals surface area contributed by atoms with E-state index in [1.54, 1.807) is 6.07 Å². The summed E-state index contributed by atoms with van der Waals surface area (Å²) in [7, 11) is -10.0. The molecule has 0 radical (unpaired) electrons. The first-order valence-electron chi connectivity index (χ1n) is 12.7. The maximum Gasteiger partial charge on any atom is 0.337 e. The Balaban J connectivity index is 2.16. The number of nitrogens with zero attached hydrogens (tertiary/aromatic N) is 1. The Morgan fingerprint density at radius 3 is 1.79 bits per heavy atom. The van der Waals surface area contributed by atoms with Gasteiger partial charge in [-0.15, -0.1) is 0 Å². The fourth-order valence-electron chi connectivity index (χ4n) is 4.17. The van der Waals surface area contributed by atoms with Crippen molar-refractivity contribution in [3.8, 4) is 0 Å². The number of aryl methyl sites for hydroxylation is 2. The van der Waals surface area contributed by atoms with E-state index in [0.29, 0.717) is 0 Å². The molecule has 0 aromatic carbocycles. The molecule has 0 saturated heterocycles. The smallest absolute Gasteiger partial charge is 0.337 e. The van der Waals surface area contributed by atoms with Crippen molar-refractivity contribution in [2.75, 3.05) is 0 Å². The van der Waals surface area contributed by atoms with Gasteiger partial charge in [-0.1, -0.05) is 84.0 Å². The molecule has 9 heteroatoms. The highest BCUT2D eigenvalue weighted by Crippen LogP contribution is 2.59. The van der Waals surface area contributed by atoms with Gasteiger partial charge in [0.2, 0.25) is 0 Å². The molecule has 0 fully saturated rings. The lowest BCUT2D eigenvalue weighted by atomic mass is 10.0. The molecule has 0 aliphatic heterocycles. The van der Waals surface area contributed by atoms with Crippen LogP contribution in [-0.2, 0) is 22.1 Å². The van der Waals surface area contributed by atoms with Crippen LogP contribution < -0.4 is 9.46 Å². The average Bonchev–Trinajstić information content (AvgIpc) is 2.72. The van der Waals surface area contributed by atoms with Crippen molar-refractivity contribution < 1.29 is 33.3 Å². The van der Waals surface area contributed by atoms with Gasteiger partial charge >= 0.3 is 7.60 Å². The molecular weight excluding hydrogens is 460 g/mol. The topological polar surface area (TPSA) is 122 Å². The molecule has 0 aliphatic rings. The summed E-state index contributed by atoms with van der Waals surface area (Å²) in [6.07, 6.45) is 22.1. The lowest BCUT2D eigenvalue weighted by molar-refractivity contribution is -0.697. The normalized spacial score (nSPS) is 14.8. The lowest BCUT2D eigenvalue weighted by Gasteiger charge is -2.27. The minimum atomic E-state index is -5.11. The summed E-state index contributed by atoms with van der Waals surface area (Å²) in [6, 6.07) is 3.65. The minimum absolute atomic E-state index is 0.169. The summed E-state index contributed by atoms with van der Waals surface area (Å²) in [5, 5.41) is -2.05. The van der Waals surface area contributed by atoms with Crippen LogP contribution in [0.2, 0.25) is 0 Å². The molecule has 0 saturated carbocycles. The van der Waals surface area contributed by atoms with Crippen LogP contribution in [0.25, 0.3) is 0 Å². The zero-order valence-corrected chi connectivity index (χ0v) is 22.1. The quantitative estimate of drug-likeness (QED) is 0.123. The van der Waals surface area contributed by atoms with Gasteiger partial charge in [0.15, 0.2) is 12.4 Å². The van der Waals surface area contributed by atoms with Crippen LogP contribution in [-0.4, -0.2) is 20.1 Å². The molecule has 2 unspecified atom stereocenters. The number of rotatable bonds is 20. The van der Waals surface area contributed by atoms with Crippen molar-refractivity contribution in [1.82, 2.24) is 0 Å². The Bertz CT molecular complexity index is 711. The van der Waals surface area contributed by atoms with Gasteiger partial charge in [-0.2, -0.15) is 0 Å². The molecule has 1 heterocycles. The zero-order chi connectivity index (χ0) is 24.6. The SMILES string of the molecule is CCCCCCCCCCCCCCCC[n+]1cccc(CCC(P(=O)([O-])O)P(=O)(O)O)c1. The predicted octanol–water partition coefficient (Wildman–Crippen LogP) is 5.44. The highest BCUT2D eigenvalue weighted by atomic mass is 31.2. The predicted molar refractivity (Wildman–Crippen MR) is 131 cm³/mol. The largest absolute Gasteiger partial charge is 0.778 e. The van der Waals surface area contributed by atoms with Crippen LogP contribution in [0.15, 0.2) is 24.5 Å². The van der Waals surface area contributed by atoms with E-state index in [9.17, 15) is 23.8 Å². The molecule has 7 nitrogen and oxygen atoms in total. The first kappa shape index (κ1) is 30.5. The number of hydrogen-bond donors (Lipinski definition) is 3. The van der Waals surface area contributed by atoms with Gasteiger partial charge in [-0.05, 0) is 25.3 Å². The molecule has 0 aliphatic carbocycles. The van der Waals surface area contributed by atoms with Crippen molar-refractivity contribution in [2.24, 2.45) is 0 Å². The van der Waals surface area contributed by atoms with Crippen LogP contribution in [0.3, 0.4) is 0 Å². The van der Waals surface area contributed by atoms with Crippen molar-refractivity contribution in [3.63, 3.8) is 0 Å². The molecular formula is C24H45NO6P2. The fraction of sp³-hybridized carbons (Fsp3) is 0.792. The number of aromatic nitrogens is 1. The molecule has 1 rings (SSSR count). The van der Waals surface area contributed by atoms with Crippen molar-refractivity contribution >= 4 is 15.2 Å². The third-order valence-electron chi connectivity index (χ3n) is 6.15. The van der Waals surface area contributed by atoms with Crippen LogP contribution >= 0.6 is 15.2 Å². The zero-order valence-electron chi connectivity index (χ0n) is 20.3. The van der Waals surface area contributed by atoms with E-state index in [1.165, 1.54) is 83.5 Å². The molecule has 192 valence electrons. The van der Waals surface area contributed by atoms with Gasteiger partial charge in [0.25, 0.3) is 0 Å². The first-order valence-corrected chi connectivity index (χ1v) is 16.0. The second kappa shape index (κ2) is 17.0. The minimum Gasteiger partial charge on any atom is -0.778 e. The highest BCUT2D eigenvalue weighted by molar-refractivity contribution is 7.70. The van der Waals surface area contributed by atoms with Crippen LogP contribution in [0.4, 0.5) is 0 Å². The van der Waals surface area contributed by atoms with Gasteiger partial charge in [0.1, 0.15) is 19.5 Å². The average molecular weight is 506 g/mol. The van der Waals surface area contributed by atoms with Crippen LogP contribution in [0.5, 0.6) is 0 Å². The fourth-order valence-corrected chi connectivity index (χ4v) is 6.61. The maximum absolute atomic E-state index is 11.4. The number of hydrogen-bond acceptors (Lipinski definition) is 3. The summed E-state index contributed by atoms with van der Waals surface area (Å²) >= 11 is 0. The number of pyridine rings is 1. The molecule has 3 N–H and O–H groups in total. The van der Waals surface area contributed by atoms with Crippen LogP contribution in [0, 0.1) is 0 Å². The molecule has 0 amide bonds. The highest BCUT2D eigenvalue weighted by Gasteiger charge is 2.36. The van der Waals surface area contributed by atoms with E-state index in [1.807, 2.05) is 23.0 Å². The Kier molecular flexibility index (Phi) is 15.7. The van der Waals surface area contributed by atoms with Gasteiger partial charge in [-0.3, -0.25) is 4.57 Å². The van der Waals surface area contributed by atoms with E-state index in [-0.39, 0.29) is 12.8 Å². The van der Waals surface area contributed by atoms with E-state index >= 15 is 0 Å². The standard InChI is InChI=1S/C24H45NO6P2/c1-2-3-4-5-6-7-8-9-10-11-12-13-14-15-20-25-21-16-17-23(22-25)18-19-24(32(26,27)28)33(29,30)31/h16-17,21-22,24H,2-15,18-20H2,1H3,(H3-,26,27,28,29,30,31). The Hall–Kier alpha value is -0.550. The molecule has 1 aromatic heterocycles. The van der Waals surface area contributed by atoms with E-state index in [2.05, 4.69) is 6.92 Å². The summed E-state index contributed by atoms with van der Waals surface area (Å²) in [6.45, 7) is 3.11. The second-order valence-electron chi connectivity index (χ2n) is 9.22.